The van der Waals surface area contributed by atoms with Gasteiger partial charge in [-0.3, -0.25) is 9.59 Å². The molecule has 10 aromatic heterocycles. The van der Waals surface area contributed by atoms with Crippen LogP contribution in [0.4, 0.5) is 0 Å². The first kappa shape index (κ1) is 103. The number of hydrogen-bond donors (Lipinski definition) is 2. The average Bonchev–Trinajstić information content (AvgIpc) is 1.66. The van der Waals surface area contributed by atoms with Crippen molar-refractivity contribution in [1.82, 2.24) is 29.9 Å². The molecule has 0 spiro atoms. The SMILES string of the molecule is CC(=O)C=C(C)O.CC(=O)C=C(C)O.Cc1ccc(-c2[c-]cccc2)nc1.Cc1ccc(-c2ccnc(-c3[c-]ccc4c3oc3ccccc34)c2)cc1.Cc1ccc(-c2ccnc(-c3[c-]ccc4c3oc3ccccc34)c2)cc1.[Ir].[Ir].[Ir].[Ir].[c-]1ccc2c(oc3ccccc32)c1-c1cc(-c2ccccc2)ccn1.[c-]1ccc2c(oc3ccccc32)c1-c1ccccn1.[c-]1ccccc1-c1ccccn1. The van der Waals surface area contributed by atoms with Crippen molar-refractivity contribution < 1.29 is 118 Å². The number of ketones is 2. The van der Waals surface area contributed by atoms with Crippen LogP contribution in [0.2, 0.25) is 0 Å². The molecule has 13 aromatic carbocycles. The fraction of sp³-hybridized carbons (Fsp3) is 0.0579. The van der Waals surface area contributed by atoms with Crippen LogP contribution in [-0.4, -0.2) is 51.7 Å². The van der Waals surface area contributed by atoms with Gasteiger partial charge in [-0.25, -0.2) is 0 Å². The van der Waals surface area contributed by atoms with Crippen molar-refractivity contribution in [2.75, 3.05) is 0 Å². The molecule has 2 N–H and O–H groups in total. The largest absolute Gasteiger partial charge is 0.512 e. The summed E-state index contributed by atoms with van der Waals surface area (Å²) in [4.78, 5) is 46.7. The van der Waals surface area contributed by atoms with Crippen molar-refractivity contribution in [3.63, 3.8) is 0 Å². The van der Waals surface area contributed by atoms with Gasteiger partial charge in [-0.1, -0.05) is 261 Å². The van der Waals surface area contributed by atoms with E-state index in [1.165, 1.54) is 73.2 Å². The molecule has 10 heterocycles. The van der Waals surface area contributed by atoms with Crippen LogP contribution in [-0.2, 0) is 90.0 Å². The number of furan rings is 4. The summed E-state index contributed by atoms with van der Waals surface area (Å²) in [6, 6.07) is 139. The summed E-state index contributed by atoms with van der Waals surface area (Å²) in [7, 11) is 0. The van der Waals surface area contributed by atoms with E-state index in [9.17, 15) is 9.59 Å². The number of hydrogen-bond acceptors (Lipinski definition) is 14. The van der Waals surface area contributed by atoms with Crippen LogP contribution in [0.1, 0.15) is 44.4 Å². The van der Waals surface area contributed by atoms with Crippen LogP contribution in [0.15, 0.2) is 436 Å². The van der Waals surface area contributed by atoms with Crippen LogP contribution < -0.4 is 0 Å². The predicted molar refractivity (Wildman–Crippen MR) is 545 cm³/mol. The maximum Gasteiger partial charge on any atom is 0.155 e. The van der Waals surface area contributed by atoms with Gasteiger partial charge < -0.3 is 57.8 Å². The van der Waals surface area contributed by atoms with Crippen molar-refractivity contribution >= 4 is 99.3 Å². The van der Waals surface area contributed by atoms with Crippen molar-refractivity contribution in [2.24, 2.45) is 0 Å². The fourth-order valence-corrected chi connectivity index (χ4v) is 15.2. The van der Waals surface area contributed by atoms with E-state index >= 15 is 0 Å². The molecule has 0 saturated carbocycles. The maximum absolute atomic E-state index is 10.0. The van der Waals surface area contributed by atoms with Crippen molar-refractivity contribution in [3.8, 4) is 101 Å². The maximum atomic E-state index is 10.0. The zero-order valence-corrected chi connectivity index (χ0v) is 86.1. The second-order valence-electron chi connectivity index (χ2n) is 31.7. The number of pyridine rings is 6. The van der Waals surface area contributed by atoms with Gasteiger partial charge in [0.1, 0.15) is 22.3 Å². The van der Waals surface area contributed by atoms with Gasteiger partial charge in [-0.15, -0.1) is 145 Å². The zero-order chi connectivity index (χ0) is 93.4. The van der Waals surface area contributed by atoms with Gasteiger partial charge in [0.25, 0.3) is 0 Å². The number of benzene rings is 13. The van der Waals surface area contributed by atoms with Gasteiger partial charge in [0.15, 0.2) is 11.6 Å². The van der Waals surface area contributed by atoms with Crippen molar-refractivity contribution in [3.05, 3.63) is 472 Å². The Hall–Kier alpha value is -15.0. The van der Waals surface area contributed by atoms with Gasteiger partial charge in [0, 0.05) is 151 Å². The Kier molecular flexibility index (Phi) is 37.1. The first-order valence-corrected chi connectivity index (χ1v) is 43.8. The molecule has 0 amide bonds. The molecule has 0 aliphatic heterocycles. The van der Waals surface area contributed by atoms with Gasteiger partial charge in [0.05, 0.1) is 33.9 Å². The van der Waals surface area contributed by atoms with Gasteiger partial charge in [-0.2, -0.15) is 0 Å². The third kappa shape index (κ3) is 26.4. The molecule has 0 fully saturated rings. The van der Waals surface area contributed by atoms with Crippen molar-refractivity contribution in [1.29, 1.82) is 0 Å². The molecule has 0 aliphatic rings. The number of aryl methyl sites for hydroxylation is 3. The number of para-hydroxylation sites is 4. The van der Waals surface area contributed by atoms with Crippen LogP contribution in [0, 0.1) is 57.2 Å². The Morgan fingerprint density at radius 3 is 0.849 bits per heavy atom. The number of carbonyl (C=O) groups is 2. The monoisotopic (exact) mass is 2530 g/mol. The van der Waals surface area contributed by atoms with Crippen molar-refractivity contribution in [2.45, 2.75) is 48.5 Å². The van der Waals surface area contributed by atoms with Crippen LogP contribution in [0.25, 0.3) is 189 Å². The Morgan fingerprint density at radius 1 is 0.252 bits per heavy atom. The number of aromatic nitrogens is 6. The Balaban J connectivity index is 0.000000147. The molecule has 694 valence electrons. The molecule has 0 atom stereocenters. The van der Waals surface area contributed by atoms with E-state index < -0.39 is 0 Å². The molecule has 0 unspecified atom stereocenters. The summed E-state index contributed by atoms with van der Waals surface area (Å²) >= 11 is 0. The van der Waals surface area contributed by atoms with E-state index in [0.29, 0.717) is 0 Å². The molecule has 14 nitrogen and oxygen atoms in total. The fourth-order valence-electron chi connectivity index (χ4n) is 15.2. The topological polar surface area (TPSA) is 204 Å². The average molecular weight is 2520 g/mol. The quantitative estimate of drug-likeness (QED) is 0.0703. The normalized spacial score (nSPS) is 10.7. The first-order valence-electron chi connectivity index (χ1n) is 43.8. The summed E-state index contributed by atoms with van der Waals surface area (Å²) in [6.45, 7) is 11.9. The number of aliphatic hydroxyl groups is 2. The number of aliphatic hydroxyl groups excluding tert-OH is 2. The number of carbonyl (C=O) groups excluding carboxylic acids is 2. The third-order valence-corrected chi connectivity index (χ3v) is 21.6. The van der Waals surface area contributed by atoms with E-state index in [1.54, 1.807) is 12.4 Å². The summed E-state index contributed by atoms with van der Waals surface area (Å²) < 4.78 is 24.3. The summed E-state index contributed by atoms with van der Waals surface area (Å²) in [5.74, 6) is -0.125. The summed E-state index contributed by atoms with van der Waals surface area (Å²) in [6.07, 6.45) is 13.3. The molecule has 0 bridgehead atoms. The zero-order valence-electron chi connectivity index (χ0n) is 76.5. The third-order valence-electron chi connectivity index (χ3n) is 21.6. The van der Waals surface area contributed by atoms with Crippen LogP contribution >= 0.6 is 0 Å². The summed E-state index contributed by atoms with van der Waals surface area (Å²) in [5, 5.41) is 25.6. The minimum absolute atomic E-state index is 0. The molecular weight excluding hydrogens is 2430 g/mol. The molecule has 4 radical (unpaired) electrons. The predicted octanol–water partition coefficient (Wildman–Crippen LogP) is 30.9. The standard InChI is InChI=1S/2C24H16NO.C23H14NO.C17H10NO.C12H10N.C11H8N.2C5H8O2.4Ir/c2*1-16-9-11-17(12-10-16)18-13-14-25-22(15-18)21-7-4-6-20-19-5-2-3-8-23(19)26-24(20)21;1-2-7-16(8-3-1)17-13-14-24-21(15-17)20-11-6-10-19-18-9-4-5-12-22(18)25-23(19)20;1-2-10-16-12(6-1)13-7-5-8-14(17(13)19-16)15-9-3-4-11-18-15;1-10-7-8-12(13-9-10)11-5-3-2-4-6-11;1-2-6-10(7-3-1)11-8-4-5-9-12-11;2*1-4(6)3-5(2)7;;;;/h2*2-6,8-15H,1H3;1-10,12-15H;1-7,9-11H;2-5,7-9H,1H3;1-6,8-9H;2*3,6H,1-2H3;;;;/q6*-1;;;;;;. The van der Waals surface area contributed by atoms with E-state index in [0.717, 1.165) is 172 Å². The van der Waals surface area contributed by atoms with E-state index in [2.05, 4.69) is 201 Å². The van der Waals surface area contributed by atoms with Gasteiger partial charge >= 0.3 is 0 Å². The minimum Gasteiger partial charge on any atom is -0.512 e. The van der Waals surface area contributed by atoms with E-state index in [-0.39, 0.29) is 104 Å². The molecular formula is C121H90Ir4N6O8-6. The van der Waals surface area contributed by atoms with Gasteiger partial charge in [-0.05, 0) is 176 Å². The minimum atomic E-state index is -0.125. The van der Waals surface area contributed by atoms with Crippen LogP contribution in [0.5, 0.6) is 0 Å². The van der Waals surface area contributed by atoms with E-state index in [4.69, 9.17) is 27.9 Å². The summed E-state index contributed by atoms with van der Waals surface area (Å²) in [5.41, 5.74) is 28.6. The molecule has 0 saturated heterocycles. The second kappa shape index (κ2) is 50.2. The Labute approximate surface area is 860 Å². The van der Waals surface area contributed by atoms with E-state index in [1.807, 2.05) is 268 Å². The smallest absolute Gasteiger partial charge is 0.155 e. The number of rotatable bonds is 11. The Bertz CT molecular complexity index is 7790. The molecule has 0 aliphatic carbocycles. The molecule has 18 heteroatoms. The molecule has 23 aromatic rings. The van der Waals surface area contributed by atoms with Crippen LogP contribution in [0.3, 0.4) is 0 Å². The number of allylic oxidation sites excluding steroid dienone is 4. The molecule has 23 rings (SSSR count). The second-order valence-corrected chi connectivity index (χ2v) is 31.7. The van der Waals surface area contributed by atoms with Gasteiger partial charge in [0.2, 0.25) is 0 Å². The first-order chi connectivity index (χ1) is 66.0. The number of fused-ring (bicyclic) bond motifs is 12. The Morgan fingerprint density at radius 2 is 0.547 bits per heavy atom. The molecule has 139 heavy (non-hydrogen) atoms. The number of nitrogens with zero attached hydrogens (tertiary/aromatic N) is 6.